The molecule has 0 saturated heterocycles. The zero-order valence-electron chi connectivity index (χ0n) is 15.5. The van der Waals surface area contributed by atoms with Crippen molar-refractivity contribution in [1.82, 2.24) is 20.1 Å². The van der Waals surface area contributed by atoms with Gasteiger partial charge in [-0.25, -0.2) is 14.5 Å². The zero-order valence-corrected chi connectivity index (χ0v) is 15.5. The van der Waals surface area contributed by atoms with E-state index in [0.717, 1.165) is 5.39 Å². The summed E-state index contributed by atoms with van der Waals surface area (Å²) >= 11 is 0. The number of pyridine rings is 1. The number of hydrogen-bond acceptors (Lipinski definition) is 4. The Kier molecular flexibility index (Phi) is 4.94. The molecule has 0 radical (unpaired) electrons. The summed E-state index contributed by atoms with van der Waals surface area (Å²) in [6, 6.07) is 10.5. The summed E-state index contributed by atoms with van der Waals surface area (Å²) in [5, 5.41) is 17.6. The van der Waals surface area contributed by atoms with Crippen LogP contribution in [0, 0.1) is 0 Å². The van der Waals surface area contributed by atoms with Gasteiger partial charge in [0.1, 0.15) is 0 Å². The average Bonchev–Trinajstić information content (AvgIpc) is 3.10. The Bertz CT molecular complexity index is 981. The van der Waals surface area contributed by atoms with Gasteiger partial charge in [-0.3, -0.25) is 4.79 Å². The molecule has 1 atom stereocenters. The van der Waals surface area contributed by atoms with Gasteiger partial charge in [-0.2, -0.15) is 5.10 Å². The SMILES string of the molecule is CCC(NC(=O)c1cnc2c(cnn2C(C)C)c1)(C(=O)O)c1ccccc1. The smallest absolute Gasteiger partial charge is 0.334 e. The van der Waals surface area contributed by atoms with Gasteiger partial charge in [0, 0.05) is 17.6 Å². The van der Waals surface area contributed by atoms with Gasteiger partial charge in [-0.1, -0.05) is 37.3 Å². The number of carbonyl (C=O) groups excluding carboxylic acids is 1. The molecule has 7 heteroatoms. The molecule has 1 amide bonds. The molecule has 7 nitrogen and oxygen atoms in total. The van der Waals surface area contributed by atoms with Gasteiger partial charge in [0.2, 0.25) is 0 Å². The Balaban J connectivity index is 1.97. The number of amides is 1. The van der Waals surface area contributed by atoms with Gasteiger partial charge in [-0.05, 0) is 31.9 Å². The number of carbonyl (C=O) groups is 2. The maximum Gasteiger partial charge on any atom is 0.334 e. The van der Waals surface area contributed by atoms with Crippen LogP contribution >= 0.6 is 0 Å². The number of nitrogens with zero attached hydrogens (tertiary/aromatic N) is 3. The van der Waals surface area contributed by atoms with Crippen molar-refractivity contribution in [3.63, 3.8) is 0 Å². The van der Waals surface area contributed by atoms with Crippen molar-refractivity contribution in [3.8, 4) is 0 Å². The third-order valence-corrected chi connectivity index (χ3v) is 4.67. The molecule has 0 spiro atoms. The van der Waals surface area contributed by atoms with Crippen molar-refractivity contribution in [3.05, 3.63) is 59.9 Å². The van der Waals surface area contributed by atoms with Crippen LogP contribution in [0.5, 0.6) is 0 Å². The number of fused-ring (bicyclic) bond motifs is 1. The van der Waals surface area contributed by atoms with Crippen molar-refractivity contribution in [2.24, 2.45) is 0 Å². The number of carboxylic acid groups (broad SMARTS) is 1. The van der Waals surface area contributed by atoms with Gasteiger partial charge in [0.05, 0.1) is 11.8 Å². The number of hydrogen-bond donors (Lipinski definition) is 2. The second-order valence-corrected chi connectivity index (χ2v) is 6.70. The van der Waals surface area contributed by atoms with Crippen LogP contribution in [0.25, 0.3) is 11.0 Å². The molecule has 2 heterocycles. The maximum atomic E-state index is 12.8. The summed E-state index contributed by atoms with van der Waals surface area (Å²) in [6.07, 6.45) is 3.31. The second-order valence-electron chi connectivity index (χ2n) is 6.70. The Morgan fingerprint density at radius 3 is 2.52 bits per heavy atom. The number of benzene rings is 1. The maximum absolute atomic E-state index is 12.8. The summed E-state index contributed by atoms with van der Waals surface area (Å²) in [4.78, 5) is 29.3. The lowest BCUT2D eigenvalue weighted by Gasteiger charge is -2.30. The van der Waals surface area contributed by atoms with Crippen LogP contribution in [0.4, 0.5) is 0 Å². The molecular formula is C20H22N4O3. The van der Waals surface area contributed by atoms with Crippen molar-refractivity contribution in [1.29, 1.82) is 0 Å². The minimum Gasteiger partial charge on any atom is -0.479 e. The van der Waals surface area contributed by atoms with Crippen LogP contribution in [0.15, 0.2) is 48.8 Å². The van der Waals surface area contributed by atoms with Gasteiger partial charge in [-0.15, -0.1) is 0 Å². The minimum atomic E-state index is -1.50. The molecule has 2 aromatic heterocycles. The number of carboxylic acids is 1. The Morgan fingerprint density at radius 1 is 1.22 bits per heavy atom. The molecule has 1 unspecified atom stereocenters. The first kappa shape index (κ1) is 18.6. The van der Waals surface area contributed by atoms with E-state index in [4.69, 9.17) is 0 Å². The summed E-state index contributed by atoms with van der Waals surface area (Å²) in [6.45, 7) is 5.73. The first-order valence-corrected chi connectivity index (χ1v) is 8.83. The van der Waals surface area contributed by atoms with Crippen molar-refractivity contribution >= 4 is 22.9 Å². The van der Waals surface area contributed by atoms with Crippen LogP contribution in [0.3, 0.4) is 0 Å². The van der Waals surface area contributed by atoms with E-state index in [1.165, 1.54) is 6.20 Å². The lowest BCUT2D eigenvalue weighted by Crippen LogP contribution is -2.51. The fourth-order valence-corrected chi connectivity index (χ4v) is 3.12. The fourth-order valence-electron chi connectivity index (χ4n) is 3.12. The van der Waals surface area contributed by atoms with Gasteiger partial charge < -0.3 is 10.4 Å². The first-order chi connectivity index (χ1) is 12.9. The Morgan fingerprint density at radius 2 is 1.93 bits per heavy atom. The standard InChI is InChI=1S/C20H22N4O3/c1-4-20(19(26)27,16-8-6-5-7-9-16)23-18(25)15-10-14-12-22-24(13(2)3)17(14)21-11-15/h5-13H,4H2,1-3H3,(H,23,25)(H,26,27). The van der Waals surface area contributed by atoms with Crippen LogP contribution in [-0.4, -0.2) is 31.7 Å². The van der Waals surface area contributed by atoms with Crippen LogP contribution in [0.1, 0.15) is 49.2 Å². The summed E-state index contributed by atoms with van der Waals surface area (Å²) < 4.78 is 1.77. The minimum absolute atomic E-state index is 0.146. The van der Waals surface area contributed by atoms with Crippen LogP contribution in [-0.2, 0) is 10.3 Å². The highest BCUT2D eigenvalue weighted by Crippen LogP contribution is 2.26. The monoisotopic (exact) mass is 366 g/mol. The third kappa shape index (κ3) is 3.28. The molecule has 0 fully saturated rings. The van der Waals surface area contributed by atoms with E-state index in [-0.39, 0.29) is 12.5 Å². The van der Waals surface area contributed by atoms with E-state index in [1.807, 2.05) is 13.8 Å². The fraction of sp³-hybridized carbons (Fsp3) is 0.300. The summed E-state index contributed by atoms with van der Waals surface area (Å²) in [5.41, 5.74) is -0.00415. The molecule has 0 bridgehead atoms. The summed E-state index contributed by atoms with van der Waals surface area (Å²) in [5.74, 6) is -1.60. The van der Waals surface area contributed by atoms with Crippen LogP contribution in [0.2, 0.25) is 0 Å². The number of aromatic nitrogens is 3. The topological polar surface area (TPSA) is 97.1 Å². The molecular weight excluding hydrogens is 344 g/mol. The van der Waals surface area contributed by atoms with Gasteiger partial charge in [0.15, 0.2) is 11.2 Å². The Labute approximate surface area is 157 Å². The van der Waals surface area contributed by atoms with E-state index in [1.54, 1.807) is 54.2 Å². The predicted octanol–water partition coefficient (Wildman–Crippen LogP) is 3.13. The van der Waals surface area contributed by atoms with E-state index in [0.29, 0.717) is 16.8 Å². The highest BCUT2D eigenvalue weighted by Gasteiger charge is 2.40. The van der Waals surface area contributed by atoms with E-state index < -0.39 is 17.4 Å². The van der Waals surface area contributed by atoms with E-state index in [9.17, 15) is 14.7 Å². The number of nitrogens with one attached hydrogen (secondary N) is 1. The average molecular weight is 366 g/mol. The molecule has 3 aromatic rings. The van der Waals surface area contributed by atoms with Gasteiger partial charge in [0.25, 0.3) is 5.91 Å². The molecule has 3 rings (SSSR count). The lowest BCUT2D eigenvalue weighted by atomic mass is 9.87. The Hall–Kier alpha value is -3.22. The molecule has 0 saturated carbocycles. The first-order valence-electron chi connectivity index (χ1n) is 8.83. The molecule has 0 aliphatic heterocycles. The molecule has 1 aromatic carbocycles. The van der Waals surface area contributed by atoms with E-state index >= 15 is 0 Å². The molecule has 140 valence electrons. The largest absolute Gasteiger partial charge is 0.479 e. The second kappa shape index (κ2) is 7.19. The number of aliphatic carboxylic acids is 1. The van der Waals surface area contributed by atoms with Crippen molar-refractivity contribution in [2.75, 3.05) is 0 Å². The molecule has 0 aliphatic rings. The normalized spacial score (nSPS) is 13.5. The van der Waals surface area contributed by atoms with E-state index in [2.05, 4.69) is 15.4 Å². The lowest BCUT2D eigenvalue weighted by molar-refractivity contribution is -0.145. The summed E-state index contributed by atoms with van der Waals surface area (Å²) in [7, 11) is 0. The quantitative estimate of drug-likeness (QED) is 0.698. The highest BCUT2D eigenvalue weighted by molar-refractivity contribution is 6.00. The molecule has 27 heavy (non-hydrogen) atoms. The van der Waals surface area contributed by atoms with Crippen molar-refractivity contribution in [2.45, 2.75) is 38.8 Å². The third-order valence-electron chi connectivity index (χ3n) is 4.67. The molecule has 2 N–H and O–H groups in total. The zero-order chi connectivity index (χ0) is 19.6. The number of rotatable bonds is 6. The predicted molar refractivity (Wildman–Crippen MR) is 101 cm³/mol. The van der Waals surface area contributed by atoms with Crippen LogP contribution < -0.4 is 5.32 Å². The van der Waals surface area contributed by atoms with Crippen molar-refractivity contribution < 1.29 is 14.7 Å². The van der Waals surface area contributed by atoms with Gasteiger partial charge >= 0.3 is 5.97 Å². The highest BCUT2D eigenvalue weighted by atomic mass is 16.4. The molecule has 0 aliphatic carbocycles.